The van der Waals surface area contributed by atoms with E-state index in [2.05, 4.69) is 118 Å². The lowest BCUT2D eigenvalue weighted by Gasteiger charge is -2.28. The molecule has 21 N–H and O–H groups in total. The number of thiol groups is 3. The average molecular weight is 1650 g/mol. The molecular formula is C69H115N17O19S5. The van der Waals surface area contributed by atoms with Gasteiger partial charge in [0.2, 0.25) is 94.5 Å². The van der Waals surface area contributed by atoms with Crippen molar-refractivity contribution in [2.75, 3.05) is 67.5 Å². The number of carbonyl (C=O) groups is 17. The number of rotatable bonds is 54. The van der Waals surface area contributed by atoms with Crippen LogP contribution < -0.4 is 91.2 Å². The fourth-order valence-corrected chi connectivity index (χ4v) is 12.0. The van der Waals surface area contributed by atoms with E-state index in [9.17, 15) is 91.7 Å². The Labute approximate surface area is 666 Å². The van der Waals surface area contributed by atoms with Crippen LogP contribution in [-0.4, -0.2) is 257 Å². The number of hydrogen-bond acceptors (Lipinski definition) is 24. The number of aliphatic hydroxyl groups is 1. The fourth-order valence-electron chi connectivity index (χ4n) is 10.3. The molecule has 110 heavy (non-hydrogen) atoms. The minimum absolute atomic E-state index is 0.00418. The minimum Gasteiger partial charge on any atom is -0.480 e. The summed E-state index contributed by atoms with van der Waals surface area (Å²) in [5, 5.41) is 56.7. The Morgan fingerprint density at radius 1 is 0.382 bits per heavy atom. The monoisotopic (exact) mass is 1650 g/mol. The van der Waals surface area contributed by atoms with Crippen molar-refractivity contribution in [1.29, 1.82) is 0 Å². The summed E-state index contributed by atoms with van der Waals surface area (Å²) in [7, 11) is 0. The van der Waals surface area contributed by atoms with Gasteiger partial charge in [0.05, 0.1) is 32.3 Å². The molecule has 36 nitrogen and oxygen atoms in total. The van der Waals surface area contributed by atoms with Crippen LogP contribution in [0.4, 0.5) is 0 Å². The molecule has 0 saturated carbocycles. The smallest absolute Gasteiger partial charge is 0.326 e. The zero-order valence-corrected chi connectivity index (χ0v) is 68.4. The summed E-state index contributed by atoms with van der Waals surface area (Å²) in [6, 6.07) is -9.07. The molecule has 1 rings (SSSR count). The molecule has 0 saturated heterocycles. The first kappa shape index (κ1) is 99.9. The summed E-state index contributed by atoms with van der Waals surface area (Å²) in [6.07, 6.45) is 3.28. The van der Waals surface area contributed by atoms with Gasteiger partial charge in [-0.15, -0.1) is 0 Å². The van der Waals surface area contributed by atoms with Gasteiger partial charge in [-0.05, 0) is 105 Å². The van der Waals surface area contributed by atoms with Crippen LogP contribution in [0.1, 0.15) is 119 Å². The predicted octanol–water partition coefficient (Wildman–Crippen LogP) is -4.44. The molecule has 0 aromatic heterocycles. The van der Waals surface area contributed by atoms with E-state index in [0.29, 0.717) is 23.5 Å². The Kier molecular flexibility index (Phi) is 48.8. The summed E-state index contributed by atoms with van der Waals surface area (Å²) < 4.78 is 0. The second-order valence-corrected chi connectivity index (χ2v) is 30.8. The predicted molar refractivity (Wildman–Crippen MR) is 425 cm³/mol. The molecule has 1 aromatic carbocycles. The Bertz CT molecular complexity index is 3240. The third kappa shape index (κ3) is 40.2. The van der Waals surface area contributed by atoms with Gasteiger partial charge in [0.25, 0.3) is 0 Å². The van der Waals surface area contributed by atoms with Crippen molar-refractivity contribution in [2.24, 2.45) is 35.1 Å². The van der Waals surface area contributed by atoms with Gasteiger partial charge in [-0.1, -0.05) is 85.7 Å². The van der Waals surface area contributed by atoms with Gasteiger partial charge in [-0.2, -0.15) is 61.4 Å². The Morgan fingerprint density at radius 2 is 0.700 bits per heavy atom. The molecule has 1 aromatic rings. The Balaban J connectivity index is 3.25. The average Bonchev–Trinajstić information content (AvgIpc) is 0.868. The van der Waals surface area contributed by atoms with E-state index < -0.39 is 218 Å². The first-order valence-corrected chi connectivity index (χ1v) is 40.6. The van der Waals surface area contributed by atoms with Crippen molar-refractivity contribution < 1.29 is 91.7 Å². The van der Waals surface area contributed by atoms with Gasteiger partial charge in [0.1, 0.15) is 72.5 Å². The van der Waals surface area contributed by atoms with Crippen LogP contribution in [0.15, 0.2) is 30.3 Å². The highest BCUT2D eigenvalue weighted by Gasteiger charge is 2.36. The molecule has 13 atom stereocenters. The van der Waals surface area contributed by atoms with Crippen LogP contribution in [0, 0.1) is 23.7 Å². The van der Waals surface area contributed by atoms with Gasteiger partial charge >= 0.3 is 5.97 Å². The highest BCUT2D eigenvalue weighted by molar-refractivity contribution is 7.98. The van der Waals surface area contributed by atoms with E-state index in [1.165, 1.54) is 30.4 Å². The number of primary amides is 1. The van der Waals surface area contributed by atoms with Crippen LogP contribution in [0.25, 0.3) is 0 Å². The molecule has 0 aliphatic carbocycles. The largest absolute Gasteiger partial charge is 0.480 e. The lowest BCUT2D eigenvalue weighted by atomic mass is 9.99. The summed E-state index contributed by atoms with van der Waals surface area (Å²) in [6.45, 7) is 12.5. The molecule has 16 amide bonds. The van der Waals surface area contributed by atoms with Crippen LogP contribution in [0.5, 0.6) is 0 Å². The van der Waals surface area contributed by atoms with Gasteiger partial charge in [0, 0.05) is 30.1 Å². The summed E-state index contributed by atoms with van der Waals surface area (Å²) in [5.74, 6) is -15.9. The maximum atomic E-state index is 14.4. The number of hydrogen-bond donors (Lipinski definition) is 22. The zero-order valence-electron chi connectivity index (χ0n) is 64.1. The van der Waals surface area contributed by atoms with E-state index in [1.54, 1.807) is 78.1 Å². The van der Waals surface area contributed by atoms with Crippen LogP contribution in [0.3, 0.4) is 0 Å². The number of carboxylic acid groups (broad SMARTS) is 1. The van der Waals surface area contributed by atoms with Gasteiger partial charge < -0.3 is 101 Å². The first-order chi connectivity index (χ1) is 51.7. The minimum atomic E-state index is -1.60. The van der Waals surface area contributed by atoms with Crippen molar-refractivity contribution in [3.63, 3.8) is 0 Å². The summed E-state index contributed by atoms with van der Waals surface area (Å²) in [4.78, 5) is 227. The highest BCUT2D eigenvalue weighted by Crippen LogP contribution is 2.14. The Hall–Kier alpha value is -8.12. The maximum Gasteiger partial charge on any atom is 0.326 e. The number of carboxylic acids is 1. The molecule has 0 fully saturated rings. The highest BCUT2D eigenvalue weighted by atomic mass is 32.2. The van der Waals surface area contributed by atoms with E-state index in [4.69, 9.17) is 11.5 Å². The Morgan fingerprint density at radius 3 is 1.13 bits per heavy atom. The normalized spacial score (nSPS) is 14.7. The number of benzene rings is 1. The van der Waals surface area contributed by atoms with Crippen LogP contribution in [0.2, 0.25) is 0 Å². The SMILES string of the molecule is CSCC[C@H](NC(=O)[C@H](Cc1ccccc1)NC(=O)CNC(=O)[C@H](CCC(N)=O)NC(=O)[C@H](C)NC(=O)[C@H](CS)NC(=O)[C@H](CO)NC(=O)CNC(=O)[C@@H](N)CCSC)C(=O)N[C@@H](CC(C)C)C(=O)NCC(=O)N[C@@H](CS)C(=O)N[C@@H](CS)C(=O)N[C@@H](CC(C)C)C(=O)N[C@@H](CC(C)C)C(=O)N[C@@H](CC(C)C)C(=O)O. The van der Waals surface area contributed by atoms with Crippen molar-refractivity contribution in [1.82, 2.24) is 79.8 Å². The third-order valence-electron chi connectivity index (χ3n) is 16.1. The molecule has 620 valence electrons. The number of nitrogens with one attached hydrogen (secondary N) is 15. The maximum absolute atomic E-state index is 14.4. The number of carbonyl (C=O) groups excluding carboxylic acids is 16. The fraction of sp³-hybridized carbons (Fsp3) is 0.667. The van der Waals surface area contributed by atoms with Crippen molar-refractivity contribution in [2.45, 2.75) is 199 Å². The van der Waals surface area contributed by atoms with Gasteiger partial charge in [-0.25, -0.2) is 4.79 Å². The molecule has 0 aliphatic rings. The lowest BCUT2D eigenvalue weighted by molar-refractivity contribution is -0.143. The number of amides is 16. The molecule has 0 unspecified atom stereocenters. The molecular weight excluding hydrogens is 1530 g/mol. The number of nitrogens with two attached hydrogens (primary N) is 2. The first-order valence-electron chi connectivity index (χ1n) is 35.9. The topological polar surface area (TPSA) is 563 Å². The van der Waals surface area contributed by atoms with Gasteiger partial charge in [0.15, 0.2) is 0 Å². The molecule has 41 heteroatoms. The van der Waals surface area contributed by atoms with Crippen molar-refractivity contribution >= 4 is 162 Å². The van der Waals surface area contributed by atoms with E-state index in [0.717, 1.165) is 0 Å². The number of aliphatic hydroxyl groups excluding tert-OH is 1. The van der Waals surface area contributed by atoms with Crippen molar-refractivity contribution in [3.8, 4) is 0 Å². The number of aliphatic carboxylic acids is 1. The van der Waals surface area contributed by atoms with Crippen LogP contribution >= 0.6 is 61.4 Å². The second-order valence-electron chi connectivity index (χ2n) is 27.7. The quantitative estimate of drug-likeness (QED) is 0.0274. The summed E-state index contributed by atoms with van der Waals surface area (Å²) >= 11 is 15.4. The van der Waals surface area contributed by atoms with E-state index in [1.807, 2.05) is 20.1 Å². The van der Waals surface area contributed by atoms with E-state index >= 15 is 0 Å². The third-order valence-corrected chi connectivity index (χ3v) is 18.5. The van der Waals surface area contributed by atoms with E-state index in [-0.39, 0.29) is 79.5 Å². The molecule has 0 spiro atoms. The second kappa shape index (κ2) is 53.7. The molecule has 0 radical (unpaired) electrons. The standard InChI is InChI=1S/C69H115N17O19S5/c1-35(2)23-44(60(95)74-30-56(91)78-50(32-106)67(102)86-52(34-108)68(103)83-45(24-36(3)4)62(97)82-46(25-37(5)6)63(98)84-48(69(104)105)26-38(7)8)81-61(96)43(20-22-110-11)80-64(99)47(27-40-15-13-12-14-16-40)76-54(89)29-73-59(94)42(17-18-53(71)88)79-57(92)39(9)75-66(101)51(33-107)85-65(100)49(31-87)77-55(90)28-72-58(93)41(70)19-21-109-10/h12-16,35-39,41-52,87,106-108H,17-34,70H2,1-11H3,(H2,71,88)(H,72,93)(H,73,94)(H,74,95)(H,75,101)(H,76,89)(H,77,90)(H,78,91)(H,79,92)(H,80,99)(H,81,96)(H,82,97)(H,83,103)(H,84,98)(H,85,100)(H,86,102)(H,104,105)/t39-,41-,42-,43-,44-,45-,46-,47-,48-,49-,50-,51-,52-/m0/s1. The van der Waals surface area contributed by atoms with Crippen LogP contribution in [-0.2, 0) is 87.9 Å². The lowest BCUT2D eigenvalue weighted by Crippen LogP contribution is -2.60. The molecule has 0 bridgehead atoms. The van der Waals surface area contributed by atoms with Crippen molar-refractivity contribution in [3.05, 3.63) is 35.9 Å². The molecule has 0 aliphatic heterocycles. The molecule has 0 heterocycles. The zero-order chi connectivity index (χ0) is 83.5. The van der Waals surface area contributed by atoms with Gasteiger partial charge in [-0.3, -0.25) is 76.7 Å². The summed E-state index contributed by atoms with van der Waals surface area (Å²) in [5.41, 5.74) is 11.7. The number of thioether (sulfide) groups is 2.